The van der Waals surface area contributed by atoms with Gasteiger partial charge in [-0.15, -0.1) is 0 Å². The first-order valence-electron chi connectivity index (χ1n) is 8.24. The lowest BCUT2D eigenvalue weighted by Crippen LogP contribution is -2.45. The van der Waals surface area contributed by atoms with Gasteiger partial charge in [0.15, 0.2) is 0 Å². The van der Waals surface area contributed by atoms with E-state index in [9.17, 15) is 14.7 Å². The van der Waals surface area contributed by atoms with E-state index in [-0.39, 0.29) is 12.4 Å². The second-order valence-electron chi connectivity index (χ2n) is 6.22. The molecule has 2 aromatic carbocycles. The molecule has 0 aromatic heterocycles. The van der Waals surface area contributed by atoms with Crippen LogP contribution in [0.3, 0.4) is 0 Å². The first-order valence-corrected chi connectivity index (χ1v) is 8.24. The Hall–Kier alpha value is -3.28. The van der Waals surface area contributed by atoms with Crippen molar-refractivity contribution >= 4 is 12.0 Å². The Morgan fingerprint density at radius 3 is 2.38 bits per heavy atom. The van der Waals surface area contributed by atoms with Gasteiger partial charge in [-0.1, -0.05) is 42.0 Å². The molecule has 134 valence electrons. The summed E-state index contributed by atoms with van der Waals surface area (Å²) in [6, 6.07) is 13.0. The van der Waals surface area contributed by atoms with Crippen molar-refractivity contribution in [2.75, 3.05) is 0 Å². The summed E-state index contributed by atoms with van der Waals surface area (Å²) in [6.07, 6.45) is 0. The van der Waals surface area contributed by atoms with Crippen LogP contribution in [-0.4, -0.2) is 17.1 Å². The lowest BCUT2D eigenvalue weighted by Gasteiger charge is -2.28. The van der Waals surface area contributed by atoms with Crippen LogP contribution < -0.4 is 10.6 Å². The monoisotopic (exact) mass is 352 g/mol. The number of urea groups is 1. The number of allylic oxidation sites excluding steroid dienone is 1. The Morgan fingerprint density at radius 2 is 1.73 bits per heavy atom. The maximum Gasteiger partial charge on any atom is 0.338 e. The third-order valence-corrected chi connectivity index (χ3v) is 4.21. The standard InChI is InChI=1S/C20H20N2O4/c1-12-3-5-14(6-4-12)11-26-19(24)17-13(2)21-20(25)22-18(17)15-7-9-16(23)10-8-15/h3-10,18,23H,11H2,1-2H3,(H2,21,22,25)/t18-/m0/s1. The Bertz CT molecular complexity index is 854. The Morgan fingerprint density at radius 1 is 1.08 bits per heavy atom. The molecule has 3 rings (SSSR count). The van der Waals surface area contributed by atoms with Gasteiger partial charge in [0.05, 0.1) is 11.6 Å². The van der Waals surface area contributed by atoms with Gasteiger partial charge in [0.2, 0.25) is 0 Å². The lowest BCUT2D eigenvalue weighted by molar-refractivity contribution is -0.140. The van der Waals surface area contributed by atoms with Crippen LogP contribution >= 0.6 is 0 Å². The number of rotatable bonds is 4. The highest BCUT2D eigenvalue weighted by Crippen LogP contribution is 2.28. The van der Waals surface area contributed by atoms with Gasteiger partial charge >= 0.3 is 12.0 Å². The number of aryl methyl sites for hydroxylation is 1. The minimum atomic E-state index is -0.644. The second kappa shape index (κ2) is 7.31. The normalized spacial score (nSPS) is 16.7. The average molecular weight is 352 g/mol. The summed E-state index contributed by atoms with van der Waals surface area (Å²) in [6.45, 7) is 3.79. The predicted octanol–water partition coefficient (Wildman–Crippen LogP) is 3.07. The van der Waals surface area contributed by atoms with E-state index in [2.05, 4.69) is 10.6 Å². The Labute approximate surface area is 151 Å². The van der Waals surface area contributed by atoms with Crippen LogP contribution in [0, 0.1) is 6.92 Å². The summed E-state index contributed by atoms with van der Waals surface area (Å²) in [5.41, 5.74) is 3.48. The minimum absolute atomic E-state index is 0.109. The molecule has 6 heteroatoms. The van der Waals surface area contributed by atoms with E-state index in [1.54, 1.807) is 19.1 Å². The van der Waals surface area contributed by atoms with Crippen molar-refractivity contribution in [3.63, 3.8) is 0 Å². The van der Waals surface area contributed by atoms with E-state index < -0.39 is 18.0 Å². The number of ether oxygens (including phenoxy) is 1. The smallest absolute Gasteiger partial charge is 0.338 e. The van der Waals surface area contributed by atoms with Crippen LogP contribution in [0.4, 0.5) is 4.79 Å². The van der Waals surface area contributed by atoms with Crippen molar-refractivity contribution < 1.29 is 19.4 Å². The number of benzene rings is 2. The van der Waals surface area contributed by atoms with Gasteiger partial charge in [0.25, 0.3) is 0 Å². The van der Waals surface area contributed by atoms with E-state index in [0.29, 0.717) is 16.8 Å². The number of phenols is 1. The summed E-state index contributed by atoms with van der Waals surface area (Å²) in [4.78, 5) is 24.5. The van der Waals surface area contributed by atoms with Gasteiger partial charge in [-0.05, 0) is 37.1 Å². The van der Waals surface area contributed by atoms with Crippen LogP contribution in [0.5, 0.6) is 5.75 Å². The van der Waals surface area contributed by atoms with Crippen molar-refractivity contribution in [2.45, 2.75) is 26.5 Å². The molecule has 1 heterocycles. The molecule has 1 atom stereocenters. The van der Waals surface area contributed by atoms with Gasteiger partial charge in [0, 0.05) is 5.70 Å². The maximum atomic E-state index is 12.7. The molecule has 1 aliphatic rings. The molecule has 0 aliphatic carbocycles. The molecule has 3 N–H and O–H groups in total. The van der Waals surface area contributed by atoms with Gasteiger partial charge in [-0.25, -0.2) is 9.59 Å². The molecule has 0 saturated carbocycles. The molecule has 0 fully saturated rings. The van der Waals surface area contributed by atoms with E-state index in [1.807, 2.05) is 31.2 Å². The average Bonchev–Trinajstić information content (AvgIpc) is 2.61. The van der Waals surface area contributed by atoms with Crippen LogP contribution in [0.25, 0.3) is 0 Å². The molecule has 0 saturated heterocycles. The number of aromatic hydroxyl groups is 1. The number of hydrogen-bond acceptors (Lipinski definition) is 4. The summed E-state index contributed by atoms with van der Waals surface area (Å²) < 4.78 is 5.45. The minimum Gasteiger partial charge on any atom is -0.508 e. The molecule has 6 nitrogen and oxygen atoms in total. The van der Waals surface area contributed by atoms with Crippen molar-refractivity contribution in [2.24, 2.45) is 0 Å². The first kappa shape index (κ1) is 17.5. The van der Waals surface area contributed by atoms with Crippen molar-refractivity contribution in [1.82, 2.24) is 10.6 Å². The Kier molecular flexibility index (Phi) is 4.93. The third-order valence-electron chi connectivity index (χ3n) is 4.21. The number of carbonyl (C=O) groups is 2. The summed E-state index contributed by atoms with van der Waals surface area (Å²) >= 11 is 0. The highest BCUT2D eigenvalue weighted by molar-refractivity contribution is 5.95. The van der Waals surface area contributed by atoms with Gasteiger partial charge in [0.1, 0.15) is 12.4 Å². The topological polar surface area (TPSA) is 87.7 Å². The third kappa shape index (κ3) is 3.85. The van der Waals surface area contributed by atoms with E-state index >= 15 is 0 Å². The van der Waals surface area contributed by atoms with Crippen molar-refractivity contribution in [3.8, 4) is 5.75 Å². The zero-order valence-electron chi connectivity index (χ0n) is 14.6. The number of nitrogens with one attached hydrogen (secondary N) is 2. The Balaban J connectivity index is 1.82. The number of hydrogen-bond donors (Lipinski definition) is 3. The van der Waals surface area contributed by atoms with Crippen LogP contribution in [0.15, 0.2) is 59.8 Å². The van der Waals surface area contributed by atoms with Gasteiger partial charge in [-0.2, -0.15) is 0 Å². The number of carbonyl (C=O) groups excluding carboxylic acids is 2. The summed E-state index contributed by atoms with van der Waals surface area (Å²) in [5, 5.41) is 14.8. The fourth-order valence-electron chi connectivity index (χ4n) is 2.79. The lowest BCUT2D eigenvalue weighted by atomic mass is 9.95. The molecular weight excluding hydrogens is 332 g/mol. The van der Waals surface area contributed by atoms with Crippen molar-refractivity contribution in [3.05, 3.63) is 76.5 Å². The fraction of sp³-hybridized carbons (Fsp3) is 0.200. The maximum absolute atomic E-state index is 12.7. The summed E-state index contributed by atoms with van der Waals surface area (Å²) in [7, 11) is 0. The van der Waals surface area contributed by atoms with Gasteiger partial charge < -0.3 is 20.5 Å². The van der Waals surface area contributed by atoms with Crippen LogP contribution in [0.1, 0.15) is 29.7 Å². The predicted molar refractivity (Wildman–Crippen MR) is 96.2 cm³/mol. The molecular formula is C20H20N2O4. The number of esters is 1. The zero-order valence-corrected chi connectivity index (χ0v) is 14.6. The van der Waals surface area contributed by atoms with Gasteiger partial charge in [-0.3, -0.25) is 0 Å². The highest BCUT2D eigenvalue weighted by atomic mass is 16.5. The molecule has 1 aliphatic heterocycles. The molecule has 0 radical (unpaired) electrons. The fourth-order valence-corrected chi connectivity index (χ4v) is 2.79. The molecule has 2 amide bonds. The highest BCUT2D eigenvalue weighted by Gasteiger charge is 2.32. The van der Waals surface area contributed by atoms with E-state index in [0.717, 1.165) is 11.1 Å². The largest absolute Gasteiger partial charge is 0.508 e. The first-order chi connectivity index (χ1) is 12.4. The number of amides is 2. The molecule has 26 heavy (non-hydrogen) atoms. The quantitative estimate of drug-likeness (QED) is 0.738. The molecule has 2 aromatic rings. The van der Waals surface area contributed by atoms with Crippen molar-refractivity contribution in [1.29, 1.82) is 0 Å². The summed E-state index contributed by atoms with van der Waals surface area (Å²) in [5.74, 6) is -0.396. The second-order valence-corrected chi connectivity index (χ2v) is 6.22. The van der Waals surface area contributed by atoms with E-state index in [1.165, 1.54) is 12.1 Å². The van der Waals surface area contributed by atoms with Crippen LogP contribution in [0.2, 0.25) is 0 Å². The number of phenolic OH excluding ortho intramolecular Hbond substituents is 1. The molecule has 0 unspecified atom stereocenters. The van der Waals surface area contributed by atoms with Crippen LogP contribution in [-0.2, 0) is 16.1 Å². The van der Waals surface area contributed by atoms with E-state index in [4.69, 9.17) is 4.74 Å². The zero-order chi connectivity index (χ0) is 18.7. The molecule has 0 bridgehead atoms. The SMILES string of the molecule is CC1=C(C(=O)OCc2ccc(C)cc2)[C@H](c2ccc(O)cc2)NC(=O)N1. The molecule has 0 spiro atoms.